The predicted octanol–water partition coefficient (Wildman–Crippen LogP) is 3.41. The Labute approximate surface area is 166 Å². The number of hydrogen-bond acceptors (Lipinski definition) is 6. The second-order valence-corrected chi connectivity index (χ2v) is 8.56. The van der Waals surface area contributed by atoms with Gasteiger partial charge in [0.1, 0.15) is 11.5 Å². The van der Waals surface area contributed by atoms with Gasteiger partial charge in [0.15, 0.2) is 5.60 Å². The van der Waals surface area contributed by atoms with E-state index >= 15 is 0 Å². The van der Waals surface area contributed by atoms with Gasteiger partial charge in [0.25, 0.3) is 0 Å². The van der Waals surface area contributed by atoms with E-state index in [9.17, 15) is 18.3 Å². The maximum Gasteiger partial charge on any atom is 0.363 e. The fourth-order valence-corrected chi connectivity index (χ4v) is 3.99. The third kappa shape index (κ3) is 3.10. The minimum atomic E-state index is -3.96. The first-order chi connectivity index (χ1) is 13.3. The van der Waals surface area contributed by atoms with E-state index in [-0.39, 0.29) is 11.5 Å². The fourth-order valence-electron chi connectivity index (χ4n) is 3.38. The van der Waals surface area contributed by atoms with Crippen LogP contribution in [0.3, 0.4) is 0 Å². The third-order valence-corrected chi connectivity index (χ3v) is 5.13. The molecular weight excluding hydrogens is 400 g/mol. The first-order valence-electron chi connectivity index (χ1n) is 8.19. The van der Waals surface area contributed by atoms with Gasteiger partial charge in [0.05, 0.1) is 5.56 Å². The van der Waals surface area contributed by atoms with Crippen LogP contribution in [0.5, 0.6) is 11.5 Å². The number of benzene rings is 3. The van der Waals surface area contributed by atoms with Crippen LogP contribution >= 0.6 is 11.7 Å². The fraction of sp³-hybridized carbons (Fsp3) is 0.0500. The second-order valence-electron chi connectivity index (χ2n) is 6.20. The largest absolute Gasteiger partial charge is 0.508 e. The molecule has 1 unspecified atom stereocenters. The van der Waals surface area contributed by atoms with Crippen LogP contribution in [0.1, 0.15) is 27.0 Å². The highest BCUT2D eigenvalue weighted by molar-refractivity contribution is 8.61. The lowest BCUT2D eigenvalue weighted by atomic mass is 9.80. The highest BCUT2D eigenvalue weighted by atomic mass is 33.1. The van der Waals surface area contributed by atoms with Crippen LogP contribution < -0.4 is 4.18 Å². The molecule has 28 heavy (non-hydrogen) atoms. The number of phenolic OH excluding ortho intramolecular Hbond substituents is 1. The van der Waals surface area contributed by atoms with Crippen molar-refractivity contribution in [1.29, 1.82) is 0 Å². The number of aromatic hydroxyl groups is 1. The average Bonchev–Trinajstić information content (AvgIpc) is 2.96. The van der Waals surface area contributed by atoms with E-state index in [0.717, 1.165) is 0 Å². The molecule has 0 amide bonds. The van der Waals surface area contributed by atoms with Crippen LogP contribution in [0.25, 0.3) is 0 Å². The third-order valence-electron chi connectivity index (χ3n) is 4.51. The molecule has 8 heteroatoms. The number of hydrogen-bond donors (Lipinski definition) is 2. The number of thiol groups is 1. The molecule has 1 heterocycles. The van der Waals surface area contributed by atoms with Gasteiger partial charge < -0.3 is 14.0 Å². The first kappa shape index (κ1) is 18.4. The highest BCUT2D eigenvalue weighted by Crippen LogP contribution is 2.47. The van der Waals surface area contributed by atoms with E-state index in [1.807, 2.05) is 0 Å². The van der Waals surface area contributed by atoms with Gasteiger partial charge in [-0.05, 0) is 42.0 Å². The number of carbonyl (C=O) groups excluding carboxylic acids is 1. The first-order valence-corrected chi connectivity index (χ1v) is 10.7. The molecule has 1 atom stereocenters. The van der Waals surface area contributed by atoms with E-state index < -0.39 is 20.7 Å². The number of fused-ring (bicyclic) bond motifs is 1. The van der Waals surface area contributed by atoms with Crippen molar-refractivity contribution in [3.63, 3.8) is 0 Å². The number of rotatable bonds is 4. The molecule has 4 rings (SSSR count). The molecule has 3 aromatic carbocycles. The van der Waals surface area contributed by atoms with Gasteiger partial charge in [0, 0.05) is 16.7 Å². The van der Waals surface area contributed by atoms with Crippen molar-refractivity contribution in [3.8, 4) is 11.5 Å². The summed E-state index contributed by atoms with van der Waals surface area (Å²) in [5.74, 6) is -0.307. The maximum absolute atomic E-state index is 12.6. The predicted molar refractivity (Wildman–Crippen MR) is 105 cm³/mol. The summed E-state index contributed by atoms with van der Waals surface area (Å²) < 4.78 is 33.1. The summed E-state index contributed by atoms with van der Waals surface area (Å²) in [5, 5.41) is 9.66. The van der Waals surface area contributed by atoms with Crippen LogP contribution in [0.2, 0.25) is 0 Å². The van der Waals surface area contributed by atoms with Crippen molar-refractivity contribution in [2.24, 2.45) is 0 Å². The maximum atomic E-state index is 12.6. The monoisotopic (exact) mass is 414 g/mol. The van der Waals surface area contributed by atoms with Crippen molar-refractivity contribution in [3.05, 3.63) is 95.1 Å². The summed E-state index contributed by atoms with van der Waals surface area (Å²) in [6.07, 6.45) is 0. The Morgan fingerprint density at radius 1 is 0.893 bits per heavy atom. The summed E-state index contributed by atoms with van der Waals surface area (Å²) in [6.45, 7) is 0. The lowest BCUT2D eigenvalue weighted by Crippen LogP contribution is -2.29. The van der Waals surface area contributed by atoms with Gasteiger partial charge in [-0.2, -0.15) is 8.42 Å². The molecule has 0 aliphatic carbocycles. The topological polar surface area (TPSA) is 89.9 Å². The van der Waals surface area contributed by atoms with E-state index in [2.05, 4.69) is 11.7 Å². The highest BCUT2D eigenvalue weighted by Gasteiger charge is 2.48. The minimum Gasteiger partial charge on any atom is -0.508 e. The van der Waals surface area contributed by atoms with Crippen LogP contribution in [0.15, 0.2) is 72.8 Å². The minimum absolute atomic E-state index is 0.0808. The molecule has 3 aromatic rings. The number of ether oxygens (including phenoxy) is 1. The number of carbonyl (C=O) groups is 1. The summed E-state index contributed by atoms with van der Waals surface area (Å²) in [4.78, 5) is 12.6. The Balaban J connectivity index is 1.91. The zero-order chi connectivity index (χ0) is 19.9. The van der Waals surface area contributed by atoms with Crippen LogP contribution in [0.4, 0.5) is 0 Å². The molecule has 142 valence electrons. The lowest BCUT2D eigenvalue weighted by molar-refractivity contribution is 0.0251. The number of esters is 1. The molecule has 1 aliphatic rings. The Hall–Kier alpha value is -2.97. The van der Waals surface area contributed by atoms with Gasteiger partial charge in [-0.15, -0.1) is 0 Å². The van der Waals surface area contributed by atoms with Crippen LogP contribution in [-0.4, -0.2) is 19.5 Å². The van der Waals surface area contributed by atoms with Crippen LogP contribution in [-0.2, 0) is 19.5 Å². The molecule has 1 aliphatic heterocycles. The van der Waals surface area contributed by atoms with E-state index in [1.54, 1.807) is 48.5 Å². The number of cyclic esters (lactones) is 1. The second kappa shape index (κ2) is 6.57. The SMILES string of the molecule is O=C1OC(c2ccc(O)cc2)(c2ccc(OS(=O)(=O)S)cc2)c2ccccc21. The molecule has 0 fully saturated rings. The molecule has 0 saturated carbocycles. The van der Waals surface area contributed by atoms with Gasteiger partial charge in [0.2, 0.25) is 0 Å². The molecule has 6 nitrogen and oxygen atoms in total. The Morgan fingerprint density at radius 3 is 2.07 bits per heavy atom. The van der Waals surface area contributed by atoms with E-state index in [1.165, 1.54) is 24.3 Å². The molecule has 0 saturated heterocycles. The van der Waals surface area contributed by atoms with Gasteiger partial charge >= 0.3 is 15.1 Å². The summed E-state index contributed by atoms with van der Waals surface area (Å²) in [7, 11) is -3.96. The van der Waals surface area contributed by atoms with E-state index in [0.29, 0.717) is 22.3 Å². The van der Waals surface area contributed by atoms with Crippen molar-refractivity contribution < 1.29 is 27.2 Å². The smallest absolute Gasteiger partial charge is 0.363 e. The van der Waals surface area contributed by atoms with Gasteiger partial charge in [-0.1, -0.05) is 42.5 Å². The molecule has 0 spiro atoms. The standard InChI is InChI=1S/C20H14O6S2/c21-15-9-5-13(6-10-15)20(18-4-2-1-3-17(18)19(22)25-20)14-7-11-16(12-8-14)26-28(23,24)27/h1-12,21H,(H,23,24,27). The molecule has 0 bridgehead atoms. The Kier molecular flexibility index (Phi) is 4.32. The average molecular weight is 414 g/mol. The van der Waals surface area contributed by atoms with Crippen molar-refractivity contribution in [1.82, 2.24) is 0 Å². The van der Waals surface area contributed by atoms with Crippen molar-refractivity contribution in [2.75, 3.05) is 0 Å². The summed E-state index contributed by atoms with van der Waals surface area (Å²) >= 11 is 3.37. The van der Waals surface area contributed by atoms with Gasteiger partial charge in [-0.25, -0.2) is 4.79 Å². The Morgan fingerprint density at radius 2 is 1.46 bits per heavy atom. The molecule has 0 radical (unpaired) electrons. The lowest BCUT2D eigenvalue weighted by Gasteiger charge is -2.30. The quantitative estimate of drug-likeness (QED) is 0.386. The zero-order valence-electron chi connectivity index (χ0n) is 14.3. The zero-order valence-corrected chi connectivity index (χ0v) is 16.0. The van der Waals surface area contributed by atoms with Gasteiger partial charge in [-0.3, -0.25) is 0 Å². The molecule has 0 aromatic heterocycles. The summed E-state index contributed by atoms with van der Waals surface area (Å²) in [6, 6.07) is 19.6. The normalized spacial score (nSPS) is 18.4. The van der Waals surface area contributed by atoms with Crippen molar-refractivity contribution in [2.45, 2.75) is 5.60 Å². The van der Waals surface area contributed by atoms with E-state index in [4.69, 9.17) is 8.92 Å². The molecule has 1 N–H and O–H groups in total. The Bertz CT molecular complexity index is 1150. The van der Waals surface area contributed by atoms with Crippen molar-refractivity contribution >= 4 is 26.8 Å². The summed E-state index contributed by atoms with van der Waals surface area (Å²) in [5.41, 5.74) is 1.09. The molecular formula is C20H14O6S2. The number of phenols is 1. The van der Waals surface area contributed by atoms with Crippen LogP contribution in [0, 0.1) is 0 Å².